The number of nitrogens with zero attached hydrogens (tertiary/aromatic N) is 1. The predicted octanol–water partition coefficient (Wildman–Crippen LogP) is 2.01. The smallest absolute Gasteiger partial charge is 0.239 e. The van der Waals surface area contributed by atoms with Crippen molar-refractivity contribution in [3.05, 3.63) is 59.4 Å². The minimum absolute atomic E-state index is 0.0688. The Kier molecular flexibility index (Phi) is 6.45. The lowest BCUT2D eigenvalue weighted by molar-refractivity contribution is -0.120. The molecule has 1 atom stereocenters. The summed E-state index contributed by atoms with van der Waals surface area (Å²) in [5, 5.41) is 20.2. The molecule has 27 heavy (non-hydrogen) atoms. The van der Waals surface area contributed by atoms with Crippen LogP contribution in [0.4, 0.5) is 0 Å². The first-order chi connectivity index (χ1) is 13.2. The van der Waals surface area contributed by atoms with Gasteiger partial charge in [0.1, 0.15) is 11.9 Å². The molecule has 0 aliphatic heterocycles. The largest absolute Gasteiger partial charge is 0.467 e. The van der Waals surface area contributed by atoms with Crippen molar-refractivity contribution in [3.8, 4) is 0 Å². The number of hydrogen-bond acceptors (Lipinski definition) is 5. The van der Waals surface area contributed by atoms with Crippen LogP contribution < -0.4 is 16.0 Å². The number of aliphatic hydroxyl groups excluding tert-OH is 1. The maximum atomic E-state index is 11.9. The molecule has 3 aromatic rings. The molecule has 0 aliphatic carbocycles. The minimum atomic E-state index is -0.659. The molecule has 0 saturated heterocycles. The molecule has 0 bridgehead atoms. The summed E-state index contributed by atoms with van der Waals surface area (Å²) < 4.78 is 6.30. The van der Waals surface area contributed by atoms with Gasteiger partial charge in [0.25, 0.3) is 0 Å². The average molecular weight is 386 g/mol. The van der Waals surface area contributed by atoms with Crippen molar-refractivity contribution in [2.45, 2.75) is 12.6 Å². The van der Waals surface area contributed by atoms with E-state index in [1.807, 2.05) is 30.3 Å². The molecule has 1 amide bonds. The fourth-order valence-electron chi connectivity index (χ4n) is 2.51. The van der Waals surface area contributed by atoms with E-state index in [1.54, 1.807) is 36.8 Å². The monoisotopic (exact) mass is 386 g/mol. The molecule has 3 rings (SSSR count). The van der Waals surface area contributed by atoms with Gasteiger partial charge in [-0.05, 0) is 29.7 Å². The number of aliphatic imine (C=N–C) groups is 1. The van der Waals surface area contributed by atoms with Crippen LogP contribution in [0.25, 0.3) is 10.1 Å². The van der Waals surface area contributed by atoms with Crippen LogP contribution in [0.2, 0.25) is 0 Å². The van der Waals surface area contributed by atoms with Crippen LogP contribution in [-0.2, 0) is 11.3 Å². The summed E-state index contributed by atoms with van der Waals surface area (Å²) in [7, 11) is 1.61. The Morgan fingerprint density at radius 2 is 2.07 bits per heavy atom. The van der Waals surface area contributed by atoms with Gasteiger partial charge in [-0.15, -0.1) is 11.3 Å². The Bertz CT molecular complexity index is 872. The zero-order valence-corrected chi connectivity index (χ0v) is 15.8. The molecule has 0 aliphatic rings. The standard InChI is InChI=1S/C19H22N4O3S/c1-20-19(23-12-18(25)21-10-14-6-4-8-26-14)22-11-15(24)17-9-13-5-2-3-7-16(13)27-17/h2-9,15,24H,10-12H2,1H3,(H,21,25)(H2,20,22,23). The van der Waals surface area contributed by atoms with E-state index in [2.05, 4.69) is 20.9 Å². The summed E-state index contributed by atoms with van der Waals surface area (Å²) in [6, 6.07) is 13.6. The van der Waals surface area contributed by atoms with E-state index in [1.165, 1.54) is 0 Å². The molecule has 2 heterocycles. The zero-order chi connectivity index (χ0) is 19.1. The number of thiophene rings is 1. The summed E-state index contributed by atoms with van der Waals surface area (Å²) in [5.74, 6) is 0.958. The third kappa shape index (κ3) is 5.32. The molecule has 8 heteroatoms. The molecular formula is C19H22N4O3S. The van der Waals surface area contributed by atoms with E-state index in [0.29, 0.717) is 24.8 Å². The number of hydrogen-bond donors (Lipinski definition) is 4. The Balaban J connectivity index is 1.43. The Morgan fingerprint density at radius 3 is 2.81 bits per heavy atom. The first kappa shape index (κ1) is 18.9. The third-order valence-corrected chi connectivity index (χ3v) is 5.13. The highest BCUT2D eigenvalue weighted by atomic mass is 32.1. The van der Waals surface area contributed by atoms with Gasteiger partial charge < -0.3 is 25.5 Å². The second-order valence-electron chi connectivity index (χ2n) is 5.87. The number of amides is 1. The van der Waals surface area contributed by atoms with Crippen LogP contribution in [0.5, 0.6) is 0 Å². The van der Waals surface area contributed by atoms with Crippen molar-refractivity contribution in [2.24, 2.45) is 4.99 Å². The van der Waals surface area contributed by atoms with Gasteiger partial charge in [-0.2, -0.15) is 0 Å². The van der Waals surface area contributed by atoms with Crippen LogP contribution in [0.3, 0.4) is 0 Å². The lowest BCUT2D eigenvalue weighted by atomic mass is 10.2. The minimum Gasteiger partial charge on any atom is -0.467 e. The molecule has 4 N–H and O–H groups in total. The number of guanidine groups is 1. The zero-order valence-electron chi connectivity index (χ0n) is 14.9. The number of benzene rings is 1. The maximum Gasteiger partial charge on any atom is 0.239 e. The van der Waals surface area contributed by atoms with Gasteiger partial charge in [-0.3, -0.25) is 9.79 Å². The van der Waals surface area contributed by atoms with Gasteiger partial charge in [-0.25, -0.2) is 0 Å². The summed E-state index contributed by atoms with van der Waals surface area (Å²) in [6.07, 6.45) is 0.904. The molecule has 7 nitrogen and oxygen atoms in total. The molecule has 0 radical (unpaired) electrons. The normalized spacial score (nSPS) is 12.7. The van der Waals surface area contributed by atoms with Crippen molar-refractivity contribution in [1.82, 2.24) is 16.0 Å². The van der Waals surface area contributed by atoms with Crippen molar-refractivity contribution in [1.29, 1.82) is 0 Å². The molecular weight excluding hydrogens is 364 g/mol. The molecule has 0 spiro atoms. The highest BCUT2D eigenvalue weighted by molar-refractivity contribution is 7.19. The number of fused-ring (bicyclic) bond motifs is 1. The van der Waals surface area contributed by atoms with Gasteiger partial charge in [0.15, 0.2) is 5.96 Å². The first-order valence-corrected chi connectivity index (χ1v) is 9.37. The van der Waals surface area contributed by atoms with E-state index in [-0.39, 0.29) is 12.5 Å². The summed E-state index contributed by atoms with van der Waals surface area (Å²) >= 11 is 1.56. The molecule has 1 unspecified atom stereocenters. The van der Waals surface area contributed by atoms with Gasteiger partial charge >= 0.3 is 0 Å². The van der Waals surface area contributed by atoms with Crippen LogP contribution in [0.1, 0.15) is 16.7 Å². The molecule has 0 fully saturated rings. The third-order valence-electron chi connectivity index (χ3n) is 3.92. The molecule has 0 saturated carbocycles. The SMILES string of the molecule is CN=C(NCC(=O)NCc1ccco1)NCC(O)c1cc2ccccc2s1. The number of furan rings is 1. The second kappa shape index (κ2) is 9.20. The average Bonchev–Trinajstić information content (AvgIpc) is 3.35. The number of rotatable bonds is 7. The lowest BCUT2D eigenvalue weighted by Gasteiger charge is -2.14. The summed E-state index contributed by atoms with van der Waals surface area (Å²) in [6.45, 7) is 0.698. The quantitative estimate of drug-likeness (QED) is 0.368. The van der Waals surface area contributed by atoms with Crippen molar-refractivity contribution in [2.75, 3.05) is 20.1 Å². The Morgan fingerprint density at radius 1 is 1.22 bits per heavy atom. The fourth-order valence-corrected chi connectivity index (χ4v) is 3.56. The van der Waals surface area contributed by atoms with Crippen molar-refractivity contribution in [3.63, 3.8) is 0 Å². The number of carbonyl (C=O) groups is 1. The summed E-state index contributed by atoms with van der Waals surface area (Å²) in [5.41, 5.74) is 0. The van der Waals surface area contributed by atoms with Crippen LogP contribution in [-0.4, -0.2) is 37.1 Å². The fraction of sp³-hybridized carbons (Fsp3) is 0.263. The van der Waals surface area contributed by atoms with Gasteiger partial charge in [0.2, 0.25) is 5.91 Å². The lowest BCUT2D eigenvalue weighted by Crippen LogP contribution is -2.44. The van der Waals surface area contributed by atoms with E-state index in [9.17, 15) is 9.90 Å². The Labute approximate surface area is 161 Å². The Hall–Kier alpha value is -2.84. The van der Waals surface area contributed by atoms with Crippen molar-refractivity contribution < 1.29 is 14.3 Å². The first-order valence-electron chi connectivity index (χ1n) is 8.56. The predicted molar refractivity (Wildman–Crippen MR) is 107 cm³/mol. The van der Waals surface area contributed by atoms with E-state index < -0.39 is 6.10 Å². The highest BCUT2D eigenvalue weighted by Gasteiger charge is 2.12. The van der Waals surface area contributed by atoms with Crippen LogP contribution in [0, 0.1) is 0 Å². The van der Waals surface area contributed by atoms with E-state index in [0.717, 1.165) is 15.0 Å². The van der Waals surface area contributed by atoms with Crippen LogP contribution in [0.15, 0.2) is 58.1 Å². The molecule has 1 aromatic carbocycles. The van der Waals surface area contributed by atoms with E-state index >= 15 is 0 Å². The summed E-state index contributed by atoms with van der Waals surface area (Å²) in [4.78, 5) is 16.8. The van der Waals surface area contributed by atoms with Gasteiger partial charge in [0.05, 0.1) is 19.4 Å². The number of nitrogens with one attached hydrogen (secondary N) is 3. The second-order valence-corrected chi connectivity index (χ2v) is 6.98. The van der Waals surface area contributed by atoms with Gasteiger partial charge in [-0.1, -0.05) is 18.2 Å². The number of aliphatic hydroxyl groups is 1. The molecule has 142 valence electrons. The van der Waals surface area contributed by atoms with Crippen LogP contribution >= 0.6 is 11.3 Å². The van der Waals surface area contributed by atoms with Crippen molar-refractivity contribution >= 4 is 33.3 Å². The molecule has 2 aromatic heterocycles. The number of carbonyl (C=O) groups excluding carboxylic acids is 1. The highest BCUT2D eigenvalue weighted by Crippen LogP contribution is 2.29. The maximum absolute atomic E-state index is 11.9. The van der Waals surface area contributed by atoms with E-state index in [4.69, 9.17) is 4.42 Å². The van der Waals surface area contributed by atoms with Gasteiger partial charge in [0, 0.05) is 23.2 Å². The topological polar surface area (TPSA) is 98.9 Å².